The summed E-state index contributed by atoms with van der Waals surface area (Å²) in [6.07, 6.45) is 2.43. The molecule has 1 aromatic rings. The van der Waals surface area contributed by atoms with Crippen LogP contribution in [0.1, 0.15) is 46.1 Å². The van der Waals surface area contributed by atoms with Crippen LogP contribution >= 0.6 is 0 Å². The maximum absolute atomic E-state index is 5.75. The molecule has 0 aromatic heterocycles. The Morgan fingerprint density at radius 2 is 1.61 bits per heavy atom. The van der Waals surface area contributed by atoms with Gasteiger partial charge in [0, 0.05) is 23.7 Å². The highest BCUT2D eigenvalue weighted by Crippen LogP contribution is 2.26. The van der Waals surface area contributed by atoms with E-state index in [1.807, 2.05) is 12.1 Å². The lowest BCUT2D eigenvalue weighted by Crippen LogP contribution is -2.40. The molecule has 102 valence electrons. The molecule has 2 heteroatoms. The van der Waals surface area contributed by atoms with E-state index in [9.17, 15) is 0 Å². The number of benzene rings is 1. The number of nitrogens with zero attached hydrogens (tertiary/aromatic N) is 1. The predicted octanol–water partition coefficient (Wildman–Crippen LogP) is 3.67. The van der Waals surface area contributed by atoms with E-state index in [1.165, 1.54) is 18.4 Å². The molecule has 0 aliphatic heterocycles. The van der Waals surface area contributed by atoms with Gasteiger partial charge in [-0.25, -0.2) is 0 Å². The molecule has 0 saturated heterocycles. The minimum atomic E-state index is 0.158. The third-order valence-corrected chi connectivity index (χ3v) is 3.90. The smallest absolute Gasteiger partial charge is 0.0314 e. The highest BCUT2D eigenvalue weighted by atomic mass is 15.1. The van der Waals surface area contributed by atoms with Crippen molar-refractivity contribution in [3.63, 3.8) is 0 Å². The molecule has 0 aliphatic carbocycles. The molecule has 0 heterocycles. The fourth-order valence-electron chi connectivity index (χ4n) is 2.69. The van der Waals surface area contributed by atoms with E-state index in [1.54, 1.807) is 0 Å². The van der Waals surface area contributed by atoms with Crippen LogP contribution in [0.3, 0.4) is 0 Å². The summed E-state index contributed by atoms with van der Waals surface area (Å²) in [6.45, 7) is 10.2. The van der Waals surface area contributed by atoms with Gasteiger partial charge in [-0.3, -0.25) is 0 Å². The van der Waals surface area contributed by atoms with Crippen LogP contribution in [0.5, 0.6) is 0 Å². The minimum Gasteiger partial charge on any atom is -0.399 e. The van der Waals surface area contributed by atoms with E-state index in [0.29, 0.717) is 6.04 Å². The van der Waals surface area contributed by atoms with Crippen LogP contribution in [-0.2, 0) is 5.41 Å². The van der Waals surface area contributed by atoms with Crippen molar-refractivity contribution in [3.8, 4) is 0 Å². The SMILES string of the molecule is CCC(CC)N(C)CC(C)(C)c1ccc(N)cc1. The molecule has 0 atom stereocenters. The molecule has 18 heavy (non-hydrogen) atoms. The molecule has 0 fully saturated rings. The molecule has 0 spiro atoms. The largest absolute Gasteiger partial charge is 0.399 e. The summed E-state index contributed by atoms with van der Waals surface area (Å²) < 4.78 is 0. The maximum Gasteiger partial charge on any atom is 0.0314 e. The average molecular weight is 248 g/mol. The second-order valence-electron chi connectivity index (χ2n) is 5.89. The molecule has 0 radical (unpaired) electrons. The normalized spacial score (nSPS) is 12.4. The van der Waals surface area contributed by atoms with E-state index in [-0.39, 0.29) is 5.41 Å². The van der Waals surface area contributed by atoms with Gasteiger partial charge >= 0.3 is 0 Å². The van der Waals surface area contributed by atoms with Gasteiger partial charge in [0.05, 0.1) is 0 Å². The molecule has 2 N–H and O–H groups in total. The zero-order valence-electron chi connectivity index (χ0n) is 12.5. The van der Waals surface area contributed by atoms with Crippen LogP contribution in [0, 0.1) is 0 Å². The van der Waals surface area contributed by atoms with Crippen molar-refractivity contribution in [3.05, 3.63) is 29.8 Å². The molecule has 1 aromatic carbocycles. The Morgan fingerprint density at radius 1 is 1.11 bits per heavy atom. The number of nitrogen functional groups attached to an aromatic ring is 1. The van der Waals surface area contributed by atoms with Gasteiger partial charge < -0.3 is 10.6 Å². The van der Waals surface area contributed by atoms with Crippen molar-refractivity contribution in [2.75, 3.05) is 19.3 Å². The van der Waals surface area contributed by atoms with Crippen molar-refractivity contribution in [1.29, 1.82) is 0 Å². The van der Waals surface area contributed by atoms with Crippen LogP contribution in [0.4, 0.5) is 5.69 Å². The average Bonchev–Trinajstić information content (AvgIpc) is 2.30. The summed E-state index contributed by atoms with van der Waals surface area (Å²) in [7, 11) is 2.23. The summed E-state index contributed by atoms with van der Waals surface area (Å²) in [5, 5.41) is 0. The third-order valence-electron chi connectivity index (χ3n) is 3.90. The molecule has 0 bridgehead atoms. The second-order valence-corrected chi connectivity index (χ2v) is 5.89. The highest BCUT2D eigenvalue weighted by Gasteiger charge is 2.24. The van der Waals surface area contributed by atoms with Crippen molar-refractivity contribution in [2.45, 2.75) is 52.0 Å². The lowest BCUT2D eigenvalue weighted by Gasteiger charge is -2.35. The quantitative estimate of drug-likeness (QED) is 0.778. The maximum atomic E-state index is 5.75. The van der Waals surface area contributed by atoms with E-state index in [2.05, 4.69) is 51.8 Å². The van der Waals surface area contributed by atoms with E-state index >= 15 is 0 Å². The van der Waals surface area contributed by atoms with Gasteiger partial charge in [-0.05, 0) is 37.6 Å². The molecule has 0 unspecified atom stereocenters. The van der Waals surface area contributed by atoms with Crippen LogP contribution in [0.15, 0.2) is 24.3 Å². The van der Waals surface area contributed by atoms with Crippen molar-refractivity contribution in [1.82, 2.24) is 4.90 Å². The van der Waals surface area contributed by atoms with Gasteiger partial charge in [0.15, 0.2) is 0 Å². The zero-order chi connectivity index (χ0) is 13.8. The molecule has 0 aliphatic rings. The Hall–Kier alpha value is -1.02. The van der Waals surface area contributed by atoms with Gasteiger partial charge in [0.1, 0.15) is 0 Å². The molecule has 1 rings (SSSR count). The van der Waals surface area contributed by atoms with Crippen LogP contribution in [-0.4, -0.2) is 24.5 Å². The number of hydrogen-bond acceptors (Lipinski definition) is 2. The van der Waals surface area contributed by atoms with Crippen molar-refractivity contribution >= 4 is 5.69 Å². The second kappa shape index (κ2) is 6.24. The molecular formula is C16H28N2. The first-order valence-electron chi connectivity index (χ1n) is 6.97. The molecule has 2 nitrogen and oxygen atoms in total. The number of nitrogens with two attached hydrogens (primary N) is 1. The van der Waals surface area contributed by atoms with E-state index in [0.717, 1.165) is 12.2 Å². The van der Waals surface area contributed by atoms with Gasteiger partial charge in [0.25, 0.3) is 0 Å². The first-order chi connectivity index (χ1) is 8.40. The number of anilines is 1. The predicted molar refractivity (Wildman–Crippen MR) is 80.9 cm³/mol. The Bertz CT molecular complexity index is 350. The Balaban J connectivity index is 2.77. The zero-order valence-corrected chi connectivity index (χ0v) is 12.5. The fourth-order valence-corrected chi connectivity index (χ4v) is 2.69. The monoisotopic (exact) mass is 248 g/mol. The van der Waals surface area contributed by atoms with Crippen molar-refractivity contribution < 1.29 is 0 Å². The standard InChI is InChI=1S/C16H28N2/c1-6-15(7-2)18(5)12-16(3,4)13-8-10-14(17)11-9-13/h8-11,15H,6-7,12,17H2,1-5H3. The van der Waals surface area contributed by atoms with Gasteiger partial charge in [-0.1, -0.05) is 39.8 Å². The van der Waals surface area contributed by atoms with Gasteiger partial charge in [-0.2, -0.15) is 0 Å². The van der Waals surface area contributed by atoms with Gasteiger partial charge in [-0.15, -0.1) is 0 Å². The van der Waals surface area contributed by atoms with Crippen LogP contribution in [0.2, 0.25) is 0 Å². The number of hydrogen-bond donors (Lipinski definition) is 1. The Labute approximate surface area is 112 Å². The molecule has 0 amide bonds. The van der Waals surface area contributed by atoms with Gasteiger partial charge in [0.2, 0.25) is 0 Å². The fraction of sp³-hybridized carbons (Fsp3) is 0.625. The summed E-state index contributed by atoms with van der Waals surface area (Å²) in [4.78, 5) is 2.48. The number of rotatable bonds is 6. The van der Waals surface area contributed by atoms with E-state index < -0.39 is 0 Å². The molecule has 0 saturated carbocycles. The lowest BCUT2D eigenvalue weighted by atomic mass is 9.83. The van der Waals surface area contributed by atoms with Crippen LogP contribution in [0.25, 0.3) is 0 Å². The van der Waals surface area contributed by atoms with Crippen LogP contribution < -0.4 is 5.73 Å². The summed E-state index contributed by atoms with van der Waals surface area (Å²) in [5.74, 6) is 0. The Kier molecular flexibility index (Phi) is 5.21. The Morgan fingerprint density at radius 3 is 2.06 bits per heavy atom. The summed E-state index contributed by atoms with van der Waals surface area (Å²) in [5.41, 5.74) is 8.10. The topological polar surface area (TPSA) is 29.3 Å². The minimum absolute atomic E-state index is 0.158. The first-order valence-corrected chi connectivity index (χ1v) is 6.97. The first kappa shape index (κ1) is 15.0. The summed E-state index contributed by atoms with van der Waals surface area (Å²) >= 11 is 0. The molecular weight excluding hydrogens is 220 g/mol. The van der Waals surface area contributed by atoms with E-state index in [4.69, 9.17) is 5.73 Å². The lowest BCUT2D eigenvalue weighted by molar-refractivity contribution is 0.190. The van der Waals surface area contributed by atoms with Crippen molar-refractivity contribution in [2.24, 2.45) is 0 Å². The highest BCUT2D eigenvalue weighted by molar-refractivity contribution is 5.41. The summed E-state index contributed by atoms with van der Waals surface area (Å²) in [6, 6.07) is 8.97. The third kappa shape index (κ3) is 3.74. The number of likely N-dealkylation sites (N-methyl/N-ethyl adjacent to an activating group) is 1.